The zero-order chi connectivity index (χ0) is 30.6. The average Bonchev–Trinajstić information content (AvgIpc) is 2.96. The van der Waals surface area contributed by atoms with Crippen LogP contribution in [0.1, 0.15) is 38.7 Å². The molecule has 11 heteroatoms. The lowest BCUT2D eigenvalue weighted by atomic mass is 10.0. The molecule has 0 aliphatic carbocycles. The van der Waals surface area contributed by atoms with Crippen LogP contribution in [-0.4, -0.2) is 59.9 Å². The van der Waals surface area contributed by atoms with Gasteiger partial charge in [0.2, 0.25) is 23.6 Å². The SMILES string of the molecule is COc1cc(NC(=O)C(Cc2ccccc2)NC(=O)C(C)NC(=O)C(C)NC(=O)CCCC(=O)O)cc2ccccc12. The molecular weight excluding hydrogens is 540 g/mol. The molecule has 0 saturated heterocycles. The van der Waals surface area contributed by atoms with E-state index in [0.717, 1.165) is 16.3 Å². The van der Waals surface area contributed by atoms with Crippen molar-refractivity contribution < 1.29 is 33.8 Å². The predicted molar refractivity (Wildman–Crippen MR) is 158 cm³/mol. The number of hydrogen-bond acceptors (Lipinski definition) is 6. The molecule has 3 atom stereocenters. The average molecular weight is 577 g/mol. The molecule has 0 aliphatic rings. The summed E-state index contributed by atoms with van der Waals surface area (Å²) in [5.74, 6) is -2.53. The van der Waals surface area contributed by atoms with Gasteiger partial charge in [-0.1, -0.05) is 54.6 Å². The van der Waals surface area contributed by atoms with Gasteiger partial charge in [0.25, 0.3) is 0 Å². The van der Waals surface area contributed by atoms with E-state index in [1.807, 2.05) is 60.7 Å². The van der Waals surface area contributed by atoms with Gasteiger partial charge in [-0.25, -0.2) is 0 Å². The first-order valence-electron chi connectivity index (χ1n) is 13.6. The van der Waals surface area contributed by atoms with Crippen LogP contribution >= 0.6 is 0 Å². The summed E-state index contributed by atoms with van der Waals surface area (Å²) < 4.78 is 5.50. The summed E-state index contributed by atoms with van der Waals surface area (Å²) in [6.07, 6.45) is 0.147. The van der Waals surface area contributed by atoms with Crippen LogP contribution in [0, 0.1) is 0 Å². The van der Waals surface area contributed by atoms with E-state index in [1.165, 1.54) is 13.8 Å². The molecule has 3 aromatic carbocycles. The van der Waals surface area contributed by atoms with Crippen molar-refractivity contribution >= 4 is 46.1 Å². The van der Waals surface area contributed by atoms with Crippen molar-refractivity contribution in [3.05, 3.63) is 72.3 Å². The fourth-order valence-corrected chi connectivity index (χ4v) is 4.28. The summed E-state index contributed by atoms with van der Waals surface area (Å²) in [5.41, 5.74) is 1.32. The second-order valence-corrected chi connectivity index (χ2v) is 9.91. The number of carbonyl (C=O) groups is 5. The fourth-order valence-electron chi connectivity index (χ4n) is 4.28. The molecule has 3 unspecified atom stereocenters. The van der Waals surface area contributed by atoms with E-state index in [0.29, 0.717) is 11.4 Å². The Labute approximate surface area is 244 Å². The van der Waals surface area contributed by atoms with Crippen molar-refractivity contribution in [3.8, 4) is 5.75 Å². The number of carbonyl (C=O) groups excluding carboxylic acids is 4. The minimum absolute atomic E-state index is 0.0423. The molecule has 3 rings (SSSR count). The molecule has 0 aromatic heterocycles. The lowest BCUT2D eigenvalue weighted by Crippen LogP contribution is -2.55. The molecular formula is C31H36N4O7. The van der Waals surface area contributed by atoms with Gasteiger partial charge in [0, 0.05) is 36.4 Å². The third-order valence-electron chi connectivity index (χ3n) is 6.54. The lowest BCUT2D eigenvalue weighted by Gasteiger charge is -2.23. The lowest BCUT2D eigenvalue weighted by molar-refractivity contribution is -0.137. The summed E-state index contributed by atoms with van der Waals surface area (Å²) in [5, 5.41) is 21.1. The number of carboxylic acid groups (broad SMARTS) is 1. The number of methoxy groups -OCH3 is 1. The van der Waals surface area contributed by atoms with Gasteiger partial charge in [0.15, 0.2) is 0 Å². The van der Waals surface area contributed by atoms with Crippen molar-refractivity contribution in [1.82, 2.24) is 16.0 Å². The number of fused-ring (bicyclic) bond motifs is 1. The second kappa shape index (κ2) is 15.2. The number of ether oxygens (including phenoxy) is 1. The maximum Gasteiger partial charge on any atom is 0.303 e. The quantitative estimate of drug-likeness (QED) is 0.197. The van der Waals surface area contributed by atoms with E-state index >= 15 is 0 Å². The van der Waals surface area contributed by atoms with Gasteiger partial charge in [0.05, 0.1) is 7.11 Å². The number of benzene rings is 3. The van der Waals surface area contributed by atoms with Gasteiger partial charge in [-0.05, 0) is 37.3 Å². The van der Waals surface area contributed by atoms with Crippen molar-refractivity contribution in [2.24, 2.45) is 0 Å². The molecule has 0 heterocycles. The number of aliphatic carboxylic acids is 1. The third-order valence-corrected chi connectivity index (χ3v) is 6.54. The van der Waals surface area contributed by atoms with E-state index in [2.05, 4.69) is 21.3 Å². The first kappa shape index (κ1) is 31.6. The van der Waals surface area contributed by atoms with Crippen LogP contribution < -0.4 is 26.0 Å². The molecule has 222 valence electrons. The van der Waals surface area contributed by atoms with Crippen LogP contribution in [0.5, 0.6) is 5.75 Å². The smallest absolute Gasteiger partial charge is 0.303 e. The summed E-state index contributed by atoms with van der Waals surface area (Å²) >= 11 is 0. The van der Waals surface area contributed by atoms with Crippen molar-refractivity contribution in [2.45, 2.75) is 57.7 Å². The van der Waals surface area contributed by atoms with Gasteiger partial charge in [-0.2, -0.15) is 0 Å². The maximum atomic E-state index is 13.5. The Bertz CT molecular complexity index is 1430. The molecule has 0 saturated carbocycles. The molecule has 4 amide bonds. The summed E-state index contributed by atoms with van der Waals surface area (Å²) in [4.78, 5) is 61.8. The summed E-state index contributed by atoms with van der Waals surface area (Å²) in [6.45, 7) is 2.93. The monoisotopic (exact) mass is 576 g/mol. The van der Waals surface area contributed by atoms with Crippen LogP contribution in [0.3, 0.4) is 0 Å². The largest absolute Gasteiger partial charge is 0.496 e. The fraction of sp³-hybridized carbons (Fsp3) is 0.323. The van der Waals surface area contributed by atoms with E-state index in [1.54, 1.807) is 13.2 Å². The molecule has 0 bridgehead atoms. The summed E-state index contributed by atoms with van der Waals surface area (Å²) in [6, 6.07) is 17.4. The number of anilines is 1. The van der Waals surface area contributed by atoms with Crippen LogP contribution in [0.4, 0.5) is 5.69 Å². The van der Waals surface area contributed by atoms with Crippen molar-refractivity contribution in [3.63, 3.8) is 0 Å². The summed E-state index contributed by atoms with van der Waals surface area (Å²) in [7, 11) is 1.55. The predicted octanol–water partition coefficient (Wildman–Crippen LogP) is 2.78. The second-order valence-electron chi connectivity index (χ2n) is 9.91. The first-order valence-corrected chi connectivity index (χ1v) is 13.6. The Morgan fingerprint density at radius 3 is 2.12 bits per heavy atom. The molecule has 11 nitrogen and oxygen atoms in total. The number of amides is 4. The van der Waals surface area contributed by atoms with Crippen LogP contribution in [0.25, 0.3) is 10.8 Å². The highest BCUT2D eigenvalue weighted by Gasteiger charge is 2.26. The number of rotatable bonds is 14. The van der Waals surface area contributed by atoms with Crippen LogP contribution in [0.2, 0.25) is 0 Å². The highest BCUT2D eigenvalue weighted by molar-refractivity contribution is 6.01. The van der Waals surface area contributed by atoms with Crippen molar-refractivity contribution in [2.75, 3.05) is 12.4 Å². The van der Waals surface area contributed by atoms with Gasteiger partial charge in [0.1, 0.15) is 23.9 Å². The maximum absolute atomic E-state index is 13.5. The highest BCUT2D eigenvalue weighted by Crippen LogP contribution is 2.29. The zero-order valence-corrected chi connectivity index (χ0v) is 23.8. The standard InChI is InChI=1S/C31H36N4O7/c1-19(32-27(36)14-9-15-28(37)38)29(39)33-20(2)30(40)35-25(16-21-10-5-4-6-11-21)31(41)34-23-17-22-12-7-8-13-24(22)26(18-23)42-3/h4-8,10-13,17-20,25H,9,14-16H2,1-3H3,(H,32,36)(H,33,39)(H,34,41)(H,35,40)(H,37,38). The van der Waals surface area contributed by atoms with Crippen LogP contribution in [0.15, 0.2) is 66.7 Å². The zero-order valence-electron chi connectivity index (χ0n) is 23.8. The van der Waals surface area contributed by atoms with Gasteiger partial charge < -0.3 is 31.1 Å². The van der Waals surface area contributed by atoms with Gasteiger partial charge in [-0.3, -0.25) is 24.0 Å². The topological polar surface area (TPSA) is 163 Å². The molecule has 0 radical (unpaired) electrons. The molecule has 5 N–H and O–H groups in total. The van der Waals surface area contributed by atoms with E-state index in [-0.39, 0.29) is 25.7 Å². The van der Waals surface area contributed by atoms with Crippen LogP contribution in [-0.2, 0) is 30.4 Å². The molecule has 0 spiro atoms. The van der Waals surface area contributed by atoms with E-state index < -0.39 is 47.7 Å². The number of carboxylic acids is 1. The molecule has 42 heavy (non-hydrogen) atoms. The number of hydrogen-bond donors (Lipinski definition) is 5. The Morgan fingerprint density at radius 2 is 1.43 bits per heavy atom. The van der Waals surface area contributed by atoms with Gasteiger partial charge >= 0.3 is 5.97 Å². The Balaban J connectivity index is 1.67. The number of nitrogens with one attached hydrogen (secondary N) is 4. The minimum atomic E-state index is -1.02. The minimum Gasteiger partial charge on any atom is -0.496 e. The Morgan fingerprint density at radius 1 is 0.786 bits per heavy atom. The van der Waals surface area contributed by atoms with E-state index in [4.69, 9.17) is 9.84 Å². The normalized spacial score (nSPS) is 12.8. The van der Waals surface area contributed by atoms with E-state index in [9.17, 15) is 24.0 Å². The molecule has 0 aliphatic heterocycles. The highest BCUT2D eigenvalue weighted by atomic mass is 16.5. The first-order chi connectivity index (χ1) is 20.1. The van der Waals surface area contributed by atoms with Gasteiger partial charge in [-0.15, -0.1) is 0 Å². The third kappa shape index (κ3) is 9.33. The Hall–Kier alpha value is -4.93. The van der Waals surface area contributed by atoms with Crippen molar-refractivity contribution in [1.29, 1.82) is 0 Å². The Kier molecular flexibility index (Phi) is 11.4. The molecule has 0 fully saturated rings. The molecule has 3 aromatic rings.